The first-order valence-corrected chi connectivity index (χ1v) is 7.61. The number of carbonyl (C=O) groups is 2. The molecule has 1 fully saturated rings. The average molecular weight is 278 g/mol. The molecule has 3 heteroatoms. The van der Waals surface area contributed by atoms with E-state index in [-0.39, 0.29) is 5.97 Å². The van der Waals surface area contributed by atoms with Gasteiger partial charge < -0.3 is 9.53 Å². The van der Waals surface area contributed by atoms with Gasteiger partial charge >= 0.3 is 5.97 Å². The number of hydrogen-bond acceptors (Lipinski definition) is 3. The molecule has 1 rings (SSSR count). The van der Waals surface area contributed by atoms with Gasteiger partial charge in [0.2, 0.25) is 0 Å². The number of unbranched alkanes of at least 4 members (excludes halogenated alkanes) is 1. The van der Waals surface area contributed by atoms with Crippen LogP contribution in [-0.4, -0.2) is 19.4 Å². The highest BCUT2D eigenvalue weighted by atomic mass is 16.5. The molecule has 0 unspecified atom stereocenters. The lowest BCUT2D eigenvalue weighted by molar-refractivity contribution is -0.136. The van der Waals surface area contributed by atoms with Gasteiger partial charge in [0, 0.05) is 0 Å². The van der Waals surface area contributed by atoms with E-state index in [1.165, 1.54) is 13.5 Å². The number of carbonyl (C=O) groups excluding carboxylic acids is 2. The van der Waals surface area contributed by atoms with E-state index in [0.29, 0.717) is 5.57 Å². The van der Waals surface area contributed by atoms with Crippen molar-refractivity contribution >= 4 is 12.3 Å². The van der Waals surface area contributed by atoms with E-state index in [2.05, 4.69) is 12.7 Å². The van der Waals surface area contributed by atoms with Crippen LogP contribution < -0.4 is 0 Å². The summed E-state index contributed by atoms with van der Waals surface area (Å²) in [7, 11) is 1.37. The van der Waals surface area contributed by atoms with Crippen LogP contribution in [-0.2, 0) is 14.3 Å². The summed E-state index contributed by atoms with van der Waals surface area (Å²) in [5.74, 6) is -0.365. The van der Waals surface area contributed by atoms with Gasteiger partial charge in [-0.25, -0.2) is 4.79 Å². The zero-order valence-corrected chi connectivity index (χ0v) is 13.0. The molecule has 0 N–H and O–H groups in total. The predicted molar refractivity (Wildman–Crippen MR) is 79.3 cm³/mol. The lowest BCUT2D eigenvalue weighted by atomic mass is 9.69. The van der Waals surface area contributed by atoms with E-state index in [1.54, 1.807) is 6.92 Å². The van der Waals surface area contributed by atoms with Crippen molar-refractivity contribution in [3.05, 3.63) is 16.9 Å². The zero-order chi connectivity index (χ0) is 15.0. The zero-order valence-electron chi connectivity index (χ0n) is 13.0. The van der Waals surface area contributed by atoms with Crippen LogP contribution in [0.15, 0.2) is 16.9 Å². The second kappa shape index (κ2) is 8.06. The van der Waals surface area contributed by atoms with Crippen LogP contribution in [0.5, 0.6) is 0 Å². The molecule has 0 aromatic rings. The van der Waals surface area contributed by atoms with E-state index in [9.17, 15) is 9.59 Å². The first-order valence-electron chi connectivity index (χ1n) is 7.61. The topological polar surface area (TPSA) is 43.4 Å². The highest BCUT2D eigenvalue weighted by Crippen LogP contribution is 2.42. The molecule has 20 heavy (non-hydrogen) atoms. The Kier molecular flexibility index (Phi) is 6.74. The molecule has 0 aromatic carbocycles. The summed E-state index contributed by atoms with van der Waals surface area (Å²) in [6.07, 6.45) is 9.13. The maximum atomic E-state index is 11.7. The molecule has 3 nitrogen and oxygen atoms in total. The minimum atomic E-state index is -0.400. The van der Waals surface area contributed by atoms with Crippen molar-refractivity contribution in [1.29, 1.82) is 0 Å². The Bertz CT molecular complexity index is 408. The van der Waals surface area contributed by atoms with E-state index in [0.717, 1.165) is 56.8 Å². The maximum Gasteiger partial charge on any atom is 0.341 e. The molecule has 112 valence electrons. The van der Waals surface area contributed by atoms with Gasteiger partial charge in [-0.15, -0.1) is 5.73 Å². The Hall–Kier alpha value is -1.34. The van der Waals surface area contributed by atoms with E-state index >= 15 is 0 Å². The number of hydrogen-bond donors (Lipinski definition) is 0. The molecular weight excluding hydrogens is 252 g/mol. The van der Waals surface area contributed by atoms with Crippen LogP contribution in [0.4, 0.5) is 0 Å². The third-order valence-electron chi connectivity index (χ3n) is 4.18. The van der Waals surface area contributed by atoms with Crippen LogP contribution in [0.25, 0.3) is 0 Å². The van der Waals surface area contributed by atoms with Crippen LogP contribution in [0, 0.1) is 5.41 Å². The van der Waals surface area contributed by atoms with Gasteiger partial charge in [0.25, 0.3) is 0 Å². The fourth-order valence-corrected chi connectivity index (χ4v) is 2.89. The van der Waals surface area contributed by atoms with Crippen molar-refractivity contribution in [2.75, 3.05) is 7.11 Å². The summed E-state index contributed by atoms with van der Waals surface area (Å²) in [6.45, 7) is 3.84. The highest BCUT2D eigenvalue weighted by molar-refractivity contribution is 5.87. The fourth-order valence-electron chi connectivity index (χ4n) is 2.89. The first kappa shape index (κ1) is 16.7. The van der Waals surface area contributed by atoms with Crippen LogP contribution in [0.1, 0.15) is 65.2 Å². The first-order chi connectivity index (χ1) is 9.59. The molecule has 0 atom stereocenters. The number of ether oxygens (including phenoxy) is 1. The van der Waals surface area contributed by atoms with Crippen LogP contribution in [0.2, 0.25) is 0 Å². The molecule has 0 heterocycles. The smallest absolute Gasteiger partial charge is 0.341 e. The summed E-state index contributed by atoms with van der Waals surface area (Å²) in [5.41, 5.74) is 4.25. The molecule has 1 saturated carbocycles. The molecule has 0 bridgehead atoms. The number of methoxy groups -OCH3 is 1. The fraction of sp³-hybridized carbons (Fsp3) is 0.706. The highest BCUT2D eigenvalue weighted by Gasteiger charge is 2.35. The third kappa shape index (κ3) is 4.08. The minimum Gasteiger partial charge on any atom is -0.465 e. The Balaban J connectivity index is 3.19. The normalized spacial score (nSPS) is 16.9. The van der Waals surface area contributed by atoms with Crippen molar-refractivity contribution in [3.8, 4) is 0 Å². The lowest BCUT2D eigenvalue weighted by Gasteiger charge is -2.33. The third-order valence-corrected chi connectivity index (χ3v) is 4.18. The monoisotopic (exact) mass is 278 g/mol. The summed E-state index contributed by atoms with van der Waals surface area (Å²) >= 11 is 0. The van der Waals surface area contributed by atoms with Gasteiger partial charge in [-0.3, -0.25) is 0 Å². The molecule has 0 aliphatic heterocycles. The van der Waals surface area contributed by atoms with Crippen LogP contribution in [0.3, 0.4) is 0 Å². The van der Waals surface area contributed by atoms with Gasteiger partial charge in [-0.2, -0.15) is 0 Å². The summed E-state index contributed by atoms with van der Waals surface area (Å²) in [6, 6.07) is 0. The van der Waals surface area contributed by atoms with Crippen molar-refractivity contribution in [2.45, 2.75) is 65.2 Å². The lowest BCUT2D eigenvalue weighted by Crippen LogP contribution is -2.28. The predicted octanol–water partition coefficient (Wildman–Crippen LogP) is 3.97. The van der Waals surface area contributed by atoms with Crippen molar-refractivity contribution in [2.24, 2.45) is 5.41 Å². The number of rotatable bonds is 6. The van der Waals surface area contributed by atoms with Crippen molar-refractivity contribution < 1.29 is 14.3 Å². The van der Waals surface area contributed by atoms with Gasteiger partial charge in [0.15, 0.2) is 0 Å². The van der Waals surface area contributed by atoms with Gasteiger partial charge in [-0.1, -0.05) is 32.6 Å². The molecule has 0 radical (unpaired) electrons. The Morgan fingerprint density at radius 3 is 2.45 bits per heavy atom. The van der Waals surface area contributed by atoms with E-state index < -0.39 is 5.41 Å². The number of aldehydes is 1. The second-order valence-electron chi connectivity index (χ2n) is 5.66. The van der Waals surface area contributed by atoms with Crippen molar-refractivity contribution in [1.82, 2.24) is 0 Å². The quantitative estimate of drug-likeness (QED) is 0.319. The summed E-state index contributed by atoms with van der Waals surface area (Å²) < 4.78 is 4.73. The minimum absolute atomic E-state index is 0.365. The Morgan fingerprint density at radius 2 is 1.95 bits per heavy atom. The largest absolute Gasteiger partial charge is 0.465 e. The molecule has 0 saturated heterocycles. The average Bonchev–Trinajstić information content (AvgIpc) is 2.50. The second-order valence-corrected chi connectivity index (χ2v) is 5.66. The summed E-state index contributed by atoms with van der Waals surface area (Å²) in [5, 5.41) is 0. The summed E-state index contributed by atoms with van der Waals surface area (Å²) in [4.78, 5) is 23.3. The molecule has 0 spiro atoms. The van der Waals surface area contributed by atoms with Gasteiger partial charge in [-0.05, 0) is 38.2 Å². The molecule has 0 amide bonds. The molecular formula is C17H26O3. The Labute approximate surface area is 122 Å². The molecule has 1 aliphatic carbocycles. The number of esters is 1. The van der Waals surface area contributed by atoms with Gasteiger partial charge in [0.05, 0.1) is 18.1 Å². The SMILES string of the molecule is CCCCC(=C=C(C)C(=O)OC)C1(C=O)CCCCC1. The molecule has 1 aliphatic rings. The van der Waals surface area contributed by atoms with Crippen LogP contribution >= 0.6 is 0 Å². The Morgan fingerprint density at radius 1 is 1.30 bits per heavy atom. The van der Waals surface area contributed by atoms with Crippen molar-refractivity contribution in [3.63, 3.8) is 0 Å². The van der Waals surface area contributed by atoms with E-state index in [4.69, 9.17) is 4.74 Å². The standard InChI is InChI=1S/C17H26O3/c1-4-5-9-15(12-14(2)16(19)20-3)17(13-18)10-7-6-8-11-17/h13H,4-11H2,1-3H3. The maximum absolute atomic E-state index is 11.7. The van der Waals surface area contributed by atoms with E-state index in [1.807, 2.05) is 0 Å². The molecule has 0 aromatic heterocycles. The van der Waals surface area contributed by atoms with Gasteiger partial charge in [0.1, 0.15) is 6.29 Å².